The van der Waals surface area contributed by atoms with Crippen LogP contribution in [0.2, 0.25) is 5.02 Å². The van der Waals surface area contributed by atoms with Gasteiger partial charge in [0.15, 0.2) is 0 Å². The first kappa shape index (κ1) is 28.7. The van der Waals surface area contributed by atoms with Gasteiger partial charge in [0.1, 0.15) is 12.3 Å². The van der Waals surface area contributed by atoms with Crippen LogP contribution in [0, 0.1) is 0 Å². The molecule has 3 aromatic rings. The molecule has 0 atom stereocenters. The number of nitrogens with zero attached hydrogens (tertiary/aromatic N) is 4. The first-order valence-corrected chi connectivity index (χ1v) is 14.4. The summed E-state index contributed by atoms with van der Waals surface area (Å²) >= 11 is 6.23. The van der Waals surface area contributed by atoms with Crippen LogP contribution in [0.3, 0.4) is 0 Å². The van der Waals surface area contributed by atoms with Gasteiger partial charge in [0, 0.05) is 48.5 Å². The zero-order chi connectivity index (χ0) is 29.3. The average molecular weight is 579 g/mol. The second-order valence-electron chi connectivity index (χ2n) is 11.0. The van der Waals surface area contributed by atoms with Crippen LogP contribution in [0.4, 0.5) is 0 Å². The molecule has 9 nitrogen and oxygen atoms in total. The Morgan fingerprint density at radius 1 is 1.00 bits per heavy atom. The zero-order valence-corrected chi connectivity index (χ0v) is 24.4. The summed E-state index contributed by atoms with van der Waals surface area (Å²) < 4.78 is 7.90. The highest BCUT2D eigenvalue weighted by atomic mass is 35.5. The van der Waals surface area contributed by atoms with Crippen LogP contribution in [0.1, 0.15) is 43.9 Å². The van der Waals surface area contributed by atoms with E-state index >= 15 is 0 Å². The fraction of sp³-hybridized carbons (Fsp3) is 0.419. The molecule has 2 aromatic carbocycles. The maximum absolute atomic E-state index is 13.4. The van der Waals surface area contributed by atoms with E-state index < -0.39 is 17.3 Å². The number of piperidine rings is 1. The Morgan fingerprint density at radius 2 is 1.71 bits per heavy atom. The monoisotopic (exact) mass is 578 g/mol. The number of benzene rings is 2. The van der Waals surface area contributed by atoms with E-state index in [9.17, 15) is 19.2 Å². The SMILES string of the molecule is COc1ccc(Cl)cc1-c1cn(CC(=O)N2CCC(N3CCc4ccccc4CC3=O)CC2)c(=O)n(C(C)C)c1=O. The third-order valence-electron chi connectivity index (χ3n) is 8.12. The molecule has 5 rings (SSSR count). The number of amides is 2. The Labute approximate surface area is 243 Å². The van der Waals surface area contributed by atoms with Gasteiger partial charge in [-0.1, -0.05) is 35.9 Å². The van der Waals surface area contributed by atoms with Crippen LogP contribution >= 0.6 is 11.6 Å². The predicted octanol–water partition coefficient (Wildman–Crippen LogP) is 3.54. The van der Waals surface area contributed by atoms with Crippen molar-refractivity contribution in [3.63, 3.8) is 0 Å². The second-order valence-corrected chi connectivity index (χ2v) is 11.4. The molecule has 3 heterocycles. The summed E-state index contributed by atoms with van der Waals surface area (Å²) in [5.74, 6) is 0.357. The van der Waals surface area contributed by atoms with Gasteiger partial charge < -0.3 is 14.5 Å². The van der Waals surface area contributed by atoms with E-state index in [1.807, 2.05) is 23.1 Å². The number of carbonyl (C=O) groups is 2. The Balaban J connectivity index is 1.33. The smallest absolute Gasteiger partial charge is 0.331 e. The lowest BCUT2D eigenvalue weighted by Gasteiger charge is -2.38. The average Bonchev–Trinajstić information content (AvgIpc) is 3.12. The fourth-order valence-electron chi connectivity index (χ4n) is 5.93. The number of hydrogen-bond acceptors (Lipinski definition) is 5. The third-order valence-corrected chi connectivity index (χ3v) is 8.36. The molecule has 2 amide bonds. The lowest BCUT2D eigenvalue weighted by molar-refractivity contribution is -0.136. The van der Waals surface area contributed by atoms with Gasteiger partial charge in [-0.05, 0) is 62.4 Å². The van der Waals surface area contributed by atoms with Gasteiger partial charge in [0.25, 0.3) is 5.56 Å². The summed E-state index contributed by atoms with van der Waals surface area (Å²) in [6.45, 7) is 4.96. The van der Waals surface area contributed by atoms with Crippen molar-refractivity contribution in [2.24, 2.45) is 0 Å². The van der Waals surface area contributed by atoms with E-state index in [4.69, 9.17) is 16.3 Å². The maximum atomic E-state index is 13.4. The van der Waals surface area contributed by atoms with Crippen molar-refractivity contribution in [2.45, 2.75) is 58.2 Å². The number of carbonyl (C=O) groups excluding carboxylic acids is 2. The summed E-state index contributed by atoms with van der Waals surface area (Å²) in [7, 11) is 1.49. The number of likely N-dealkylation sites (tertiary alicyclic amines) is 1. The van der Waals surface area contributed by atoms with Gasteiger partial charge in [0.2, 0.25) is 11.8 Å². The molecule has 2 aliphatic rings. The quantitative estimate of drug-likeness (QED) is 0.446. The summed E-state index contributed by atoms with van der Waals surface area (Å²) in [5, 5.41) is 0.416. The highest BCUT2D eigenvalue weighted by molar-refractivity contribution is 6.31. The molecule has 1 aromatic heterocycles. The van der Waals surface area contributed by atoms with Gasteiger partial charge in [0.05, 0.1) is 19.1 Å². The van der Waals surface area contributed by atoms with Gasteiger partial charge in [-0.25, -0.2) is 4.79 Å². The molecule has 0 spiro atoms. The fourth-order valence-corrected chi connectivity index (χ4v) is 6.10. The standard InChI is InChI=1S/C31H35ClN4O5/c1-20(2)36-30(39)26(25-17-23(32)8-9-27(25)41-3)18-34(31(36)40)19-29(38)33-13-11-24(12-14-33)35-15-10-21-6-4-5-7-22(21)16-28(35)37/h4-9,17-18,20,24H,10-16,19H2,1-3H3. The molecule has 2 aliphatic heterocycles. The molecule has 0 unspecified atom stereocenters. The first-order chi connectivity index (χ1) is 19.7. The number of aromatic nitrogens is 2. The molecule has 0 N–H and O–H groups in total. The van der Waals surface area contributed by atoms with Crippen molar-refractivity contribution < 1.29 is 14.3 Å². The molecule has 41 heavy (non-hydrogen) atoms. The highest BCUT2D eigenvalue weighted by Crippen LogP contribution is 2.30. The van der Waals surface area contributed by atoms with E-state index in [0.717, 1.165) is 16.6 Å². The van der Waals surface area contributed by atoms with E-state index in [2.05, 4.69) is 6.07 Å². The van der Waals surface area contributed by atoms with E-state index in [0.29, 0.717) is 55.2 Å². The maximum Gasteiger partial charge on any atom is 0.331 e. The van der Waals surface area contributed by atoms with Crippen molar-refractivity contribution in [1.82, 2.24) is 18.9 Å². The van der Waals surface area contributed by atoms with E-state index in [-0.39, 0.29) is 30.0 Å². The Hall–Kier alpha value is -3.85. The molecule has 10 heteroatoms. The largest absolute Gasteiger partial charge is 0.496 e. The van der Waals surface area contributed by atoms with Gasteiger partial charge in [-0.3, -0.25) is 23.5 Å². The zero-order valence-electron chi connectivity index (χ0n) is 23.6. The summed E-state index contributed by atoms with van der Waals surface area (Å²) in [5.41, 5.74) is 1.97. The minimum Gasteiger partial charge on any atom is -0.496 e. The van der Waals surface area contributed by atoms with Crippen LogP contribution in [0.5, 0.6) is 5.75 Å². The topological polar surface area (TPSA) is 93.8 Å². The highest BCUT2D eigenvalue weighted by Gasteiger charge is 2.31. The minimum atomic E-state index is -0.548. The summed E-state index contributed by atoms with van der Waals surface area (Å²) in [6, 6.07) is 12.7. The van der Waals surface area contributed by atoms with Crippen LogP contribution in [-0.2, 0) is 29.0 Å². The predicted molar refractivity (Wildman–Crippen MR) is 158 cm³/mol. The van der Waals surface area contributed by atoms with Crippen molar-refractivity contribution in [2.75, 3.05) is 26.7 Å². The summed E-state index contributed by atoms with van der Waals surface area (Å²) in [4.78, 5) is 56.9. The number of ether oxygens (including phenoxy) is 1. The van der Waals surface area contributed by atoms with Gasteiger partial charge in [-0.15, -0.1) is 0 Å². The third kappa shape index (κ3) is 5.81. The minimum absolute atomic E-state index is 0.0772. The molecule has 1 fully saturated rings. The molecule has 216 valence electrons. The molecule has 1 saturated heterocycles. The van der Waals surface area contributed by atoms with Crippen LogP contribution in [0.15, 0.2) is 58.3 Å². The lowest BCUT2D eigenvalue weighted by Crippen LogP contribution is -2.50. The number of fused-ring (bicyclic) bond motifs is 1. The molecular weight excluding hydrogens is 544 g/mol. The number of methoxy groups -OCH3 is 1. The molecule has 0 radical (unpaired) electrons. The van der Waals surface area contributed by atoms with Crippen LogP contribution in [0.25, 0.3) is 11.1 Å². The molecule has 0 bridgehead atoms. The molecule has 0 aliphatic carbocycles. The van der Waals surface area contributed by atoms with Crippen molar-refractivity contribution in [1.29, 1.82) is 0 Å². The Kier molecular flexibility index (Phi) is 8.35. The van der Waals surface area contributed by atoms with Crippen LogP contribution < -0.4 is 16.0 Å². The number of rotatable bonds is 6. The Bertz CT molecular complexity index is 1590. The van der Waals surface area contributed by atoms with E-state index in [1.54, 1.807) is 36.9 Å². The van der Waals surface area contributed by atoms with Gasteiger partial charge in [-0.2, -0.15) is 0 Å². The Morgan fingerprint density at radius 3 is 2.39 bits per heavy atom. The lowest BCUT2D eigenvalue weighted by atomic mass is 10.0. The van der Waals surface area contributed by atoms with E-state index in [1.165, 1.54) is 23.4 Å². The normalized spacial score (nSPS) is 16.1. The van der Waals surface area contributed by atoms with Crippen molar-refractivity contribution >= 4 is 23.4 Å². The molecular formula is C31H35ClN4O5. The summed E-state index contributed by atoms with van der Waals surface area (Å²) in [6.07, 6.45) is 4.02. The van der Waals surface area contributed by atoms with Crippen LogP contribution in [-0.4, -0.2) is 63.5 Å². The number of halogens is 1. The molecule has 0 saturated carbocycles. The van der Waals surface area contributed by atoms with Gasteiger partial charge >= 0.3 is 5.69 Å². The second kappa shape index (κ2) is 11.9. The number of hydrogen-bond donors (Lipinski definition) is 0. The van der Waals surface area contributed by atoms with Crippen molar-refractivity contribution in [3.8, 4) is 16.9 Å². The first-order valence-electron chi connectivity index (χ1n) is 14.0. The van der Waals surface area contributed by atoms with Crippen molar-refractivity contribution in [3.05, 3.63) is 85.6 Å².